The standard InChI is InChI=1S/C52H94N2O3.CH4/c1-7-8-9-10-11-12-13-14-15-16-17-18-19-20-21-24-37-55-41-46(54-6)42-56-38-25-26-39-57-47-32-34-51(5)45(40-47)31-36-52(53)48-30-29-44(28-23-22-27-43(2)3)50(48,4)35-33-49(51)52;/h11-12,14-15,31,43-44,46-49,54H,7-10,13,16-30,32-42,53H2,1-6H3;1H4/b12-11-,15-14-;. The fourth-order valence-corrected chi connectivity index (χ4v) is 11.9. The van der Waals surface area contributed by atoms with Crippen LogP contribution in [-0.4, -0.2) is 57.8 Å². The van der Waals surface area contributed by atoms with Gasteiger partial charge in [-0.25, -0.2) is 0 Å². The number of hydrogen-bond acceptors (Lipinski definition) is 5. The lowest BCUT2D eigenvalue weighted by molar-refractivity contribution is -0.0742. The van der Waals surface area contributed by atoms with Gasteiger partial charge in [-0.2, -0.15) is 0 Å². The molecule has 0 spiro atoms. The van der Waals surface area contributed by atoms with Gasteiger partial charge < -0.3 is 25.3 Å². The number of ether oxygens (including phenoxy) is 3. The number of unbranched alkanes of at least 4 members (excludes halogenated alkanes) is 11. The van der Waals surface area contributed by atoms with Crippen molar-refractivity contribution in [3.05, 3.63) is 36.0 Å². The van der Waals surface area contributed by atoms with Gasteiger partial charge in [-0.3, -0.25) is 0 Å². The number of nitrogens with two attached hydrogens (primary N) is 1. The Morgan fingerprint density at radius 2 is 1.41 bits per heavy atom. The Bertz CT molecular complexity index is 1170. The van der Waals surface area contributed by atoms with Crippen molar-refractivity contribution in [3.8, 4) is 0 Å². The first kappa shape index (κ1) is 51.4. The molecular formula is C53H98N2O3. The quantitative estimate of drug-likeness (QED) is 0.0539. The number of rotatable bonds is 31. The Kier molecular flexibility index (Phi) is 24.7. The third-order valence-electron chi connectivity index (χ3n) is 15.6. The van der Waals surface area contributed by atoms with E-state index in [1.807, 2.05) is 7.05 Å². The monoisotopic (exact) mass is 811 g/mol. The van der Waals surface area contributed by atoms with Crippen LogP contribution in [0.5, 0.6) is 0 Å². The highest BCUT2D eigenvalue weighted by atomic mass is 16.5. The summed E-state index contributed by atoms with van der Waals surface area (Å²) in [6.07, 6.45) is 45.5. The zero-order chi connectivity index (χ0) is 40.8. The second kappa shape index (κ2) is 27.9. The maximum absolute atomic E-state index is 7.67. The van der Waals surface area contributed by atoms with Gasteiger partial charge in [-0.1, -0.05) is 136 Å². The molecule has 4 rings (SSSR count). The van der Waals surface area contributed by atoms with Crippen LogP contribution in [0, 0.1) is 34.5 Å². The van der Waals surface area contributed by atoms with Crippen molar-refractivity contribution in [2.75, 3.05) is 40.1 Å². The summed E-state index contributed by atoms with van der Waals surface area (Å²) in [4.78, 5) is 0. The summed E-state index contributed by atoms with van der Waals surface area (Å²) < 4.78 is 18.6. The minimum Gasteiger partial charge on any atom is -0.380 e. The fourth-order valence-electron chi connectivity index (χ4n) is 11.9. The van der Waals surface area contributed by atoms with Crippen LogP contribution in [0.3, 0.4) is 0 Å². The average Bonchev–Trinajstić information content (AvgIpc) is 3.54. The van der Waals surface area contributed by atoms with Crippen LogP contribution in [0.2, 0.25) is 0 Å². The molecule has 0 aromatic heterocycles. The summed E-state index contributed by atoms with van der Waals surface area (Å²) in [7, 11) is 2.02. The number of nitrogens with one attached hydrogen (secondary N) is 1. The van der Waals surface area contributed by atoms with Gasteiger partial charge in [-0.15, -0.1) is 0 Å². The largest absolute Gasteiger partial charge is 0.380 e. The van der Waals surface area contributed by atoms with Crippen molar-refractivity contribution in [2.45, 2.75) is 227 Å². The van der Waals surface area contributed by atoms with E-state index in [2.05, 4.69) is 70.3 Å². The van der Waals surface area contributed by atoms with E-state index in [4.69, 9.17) is 19.9 Å². The van der Waals surface area contributed by atoms with Crippen LogP contribution in [0.1, 0.15) is 209 Å². The molecule has 0 aromatic rings. The Balaban J connectivity index is 0.00000900. The molecule has 0 aliphatic heterocycles. The smallest absolute Gasteiger partial charge is 0.0642 e. The van der Waals surface area contributed by atoms with E-state index in [0.29, 0.717) is 30.0 Å². The Hall–Kier alpha value is -0.980. The van der Waals surface area contributed by atoms with Crippen molar-refractivity contribution in [3.63, 3.8) is 0 Å². The Morgan fingerprint density at radius 1 is 0.759 bits per heavy atom. The third-order valence-corrected chi connectivity index (χ3v) is 15.6. The topological polar surface area (TPSA) is 65.7 Å². The van der Waals surface area contributed by atoms with Gasteiger partial charge >= 0.3 is 0 Å². The molecule has 8 unspecified atom stereocenters. The van der Waals surface area contributed by atoms with E-state index >= 15 is 0 Å². The SMILES string of the molecule is C.CCCCC/C=C\C/C=C\CCCCCCCCOCC(COCCCCOC1CCC2(C)C(=CCC3(N)C2CCC2(C)C(CCCCC(C)C)CCC23)C1)NC. The van der Waals surface area contributed by atoms with Gasteiger partial charge in [0.2, 0.25) is 0 Å². The molecule has 4 aliphatic carbocycles. The molecule has 3 saturated carbocycles. The molecule has 4 aliphatic rings. The highest BCUT2D eigenvalue weighted by Gasteiger charge is 2.63. The average molecular weight is 811 g/mol. The molecule has 0 saturated heterocycles. The van der Waals surface area contributed by atoms with E-state index < -0.39 is 0 Å². The highest BCUT2D eigenvalue weighted by molar-refractivity contribution is 5.30. The van der Waals surface area contributed by atoms with Gasteiger partial charge in [0.05, 0.1) is 25.4 Å². The van der Waals surface area contributed by atoms with Crippen molar-refractivity contribution < 1.29 is 14.2 Å². The first-order chi connectivity index (χ1) is 27.7. The molecule has 0 heterocycles. The Labute approximate surface area is 361 Å². The third kappa shape index (κ3) is 15.7. The molecule has 0 amide bonds. The summed E-state index contributed by atoms with van der Waals surface area (Å²) in [5.41, 5.74) is 10.0. The lowest BCUT2D eigenvalue weighted by Crippen LogP contribution is -2.66. The molecule has 58 heavy (non-hydrogen) atoms. The molecule has 3 fully saturated rings. The van der Waals surface area contributed by atoms with Crippen LogP contribution in [0.25, 0.3) is 0 Å². The summed E-state index contributed by atoms with van der Waals surface area (Å²) in [6.45, 7) is 16.2. The maximum atomic E-state index is 7.67. The lowest BCUT2D eigenvalue weighted by atomic mass is 9.44. The number of hydrogen-bond donors (Lipinski definition) is 2. The second-order valence-corrected chi connectivity index (χ2v) is 20.2. The van der Waals surface area contributed by atoms with Gasteiger partial charge in [0.15, 0.2) is 0 Å². The van der Waals surface area contributed by atoms with Gasteiger partial charge in [-0.05, 0) is 151 Å². The second-order valence-electron chi connectivity index (χ2n) is 20.2. The molecule has 0 aromatic carbocycles. The van der Waals surface area contributed by atoms with E-state index in [1.54, 1.807) is 5.57 Å². The first-order valence-electron chi connectivity index (χ1n) is 24.9. The molecule has 338 valence electrons. The van der Waals surface area contributed by atoms with Crippen LogP contribution < -0.4 is 11.1 Å². The number of allylic oxidation sites excluding steroid dienone is 4. The predicted molar refractivity (Wildman–Crippen MR) is 251 cm³/mol. The van der Waals surface area contributed by atoms with Crippen LogP contribution >= 0.6 is 0 Å². The molecule has 3 N–H and O–H groups in total. The summed E-state index contributed by atoms with van der Waals surface area (Å²) in [5.74, 6) is 3.02. The summed E-state index contributed by atoms with van der Waals surface area (Å²) in [5, 5.41) is 3.38. The molecular weight excluding hydrogens is 713 g/mol. The summed E-state index contributed by atoms with van der Waals surface area (Å²) in [6, 6.07) is 0.256. The molecule has 0 radical (unpaired) electrons. The molecule has 8 atom stereocenters. The highest BCUT2D eigenvalue weighted by Crippen LogP contribution is 2.67. The zero-order valence-electron chi connectivity index (χ0n) is 38.6. The molecule has 5 nitrogen and oxygen atoms in total. The zero-order valence-corrected chi connectivity index (χ0v) is 38.6. The fraction of sp³-hybridized carbons (Fsp3) is 0.887. The summed E-state index contributed by atoms with van der Waals surface area (Å²) >= 11 is 0. The van der Waals surface area contributed by atoms with Crippen LogP contribution in [0.4, 0.5) is 0 Å². The minimum atomic E-state index is -0.0212. The Morgan fingerprint density at radius 3 is 2.10 bits per heavy atom. The maximum Gasteiger partial charge on any atom is 0.0642 e. The van der Waals surface area contributed by atoms with Gasteiger partial charge in [0.25, 0.3) is 0 Å². The number of likely N-dealkylation sites (N-methyl/N-ethyl adjacent to an activating group) is 1. The van der Waals surface area contributed by atoms with Crippen molar-refractivity contribution >= 4 is 0 Å². The lowest BCUT2D eigenvalue weighted by Gasteiger charge is -2.63. The van der Waals surface area contributed by atoms with Crippen LogP contribution in [-0.2, 0) is 14.2 Å². The van der Waals surface area contributed by atoms with E-state index in [9.17, 15) is 0 Å². The molecule has 5 heteroatoms. The van der Waals surface area contributed by atoms with Gasteiger partial charge in [0.1, 0.15) is 0 Å². The molecule has 0 bridgehead atoms. The van der Waals surface area contributed by atoms with Crippen molar-refractivity contribution in [1.29, 1.82) is 0 Å². The number of fused-ring (bicyclic) bond motifs is 5. The van der Waals surface area contributed by atoms with Crippen molar-refractivity contribution in [1.82, 2.24) is 5.32 Å². The predicted octanol–water partition coefficient (Wildman–Crippen LogP) is 14.1. The van der Waals surface area contributed by atoms with Crippen molar-refractivity contribution in [2.24, 2.45) is 40.2 Å². The minimum absolute atomic E-state index is 0. The van der Waals surface area contributed by atoms with E-state index in [-0.39, 0.29) is 24.4 Å². The first-order valence-corrected chi connectivity index (χ1v) is 24.9. The van der Waals surface area contributed by atoms with E-state index in [0.717, 1.165) is 76.8 Å². The van der Waals surface area contributed by atoms with Gasteiger partial charge in [0, 0.05) is 25.4 Å². The van der Waals surface area contributed by atoms with E-state index in [1.165, 1.54) is 128 Å². The normalized spacial score (nSPS) is 30.0. The van der Waals surface area contributed by atoms with Crippen LogP contribution in [0.15, 0.2) is 36.0 Å².